The smallest absolute Gasteiger partial charge is 0.124 e. The van der Waals surface area contributed by atoms with E-state index in [4.69, 9.17) is 4.74 Å². The third-order valence-electron chi connectivity index (χ3n) is 2.84. The lowest BCUT2D eigenvalue weighted by atomic mass is 10.1. The summed E-state index contributed by atoms with van der Waals surface area (Å²) in [4.78, 5) is 0. The quantitative estimate of drug-likeness (QED) is 0.779. The third kappa shape index (κ3) is 5.22. The van der Waals surface area contributed by atoms with Gasteiger partial charge in [-0.3, -0.25) is 0 Å². The Morgan fingerprint density at radius 3 is 2.53 bits per heavy atom. The average Bonchev–Trinajstić information content (AvgIpc) is 2.30. The molecule has 2 nitrogen and oxygen atoms in total. The number of hydrogen-bond donors (Lipinski definition) is 1. The fourth-order valence-electron chi connectivity index (χ4n) is 1.62. The minimum Gasteiger partial charge on any atom is -0.491 e. The summed E-state index contributed by atoms with van der Waals surface area (Å²) in [5.74, 6) is 1.73. The van der Waals surface area contributed by atoms with Crippen LogP contribution in [-0.4, -0.2) is 12.6 Å². The molecule has 1 N–H and O–H groups in total. The highest BCUT2D eigenvalue weighted by Gasteiger charge is 2.05. The summed E-state index contributed by atoms with van der Waals surface area (Å²) in [5, 5.41) is 3.49. The van der Waals surface area contributed by atoms with Gasteiger partial charge in [-0.25, -0.2) is 0 Å². The molecule has 96 valence electrons. The van der Waals surface area contributed by atoms with Gasteiger partial charge in [0.2, 0.25) is 0 Å². The maximum atomic E-state index is 5.79. The molecular weight excluding hydrogens is 210 g/mol. The van der Waals surface area contributed by atoms with Crippen molar-refractivity contribution in [2.45, 2.75) is 46.8 Å². The van der Waals surface area contributed by atoms with Crippen molar-refractivity contribution >= 4 is 0 Å². The van der Waals surface area contributed by atoms with Crippen molar-refractivity contribution in [3.05, 3.63) is 29.8 Å². The van der Waals surface area contributed by atoms with Gasteiger partial charge in [0.1, 0.15) is 5.75 Å². The fourth-order valence-corrected chi connectivity index (χ4v) is 1.62. The van der Waals surface area contributed by atoms with Gasteiger partial charge in [0.25, 0.3) is 0 Å². The minimum absolute atomic E-state index is 0.228. The van der Waals surface area contributed by atoms with Gasteiger partial charge in [-0.05, 0) is 32.4 Å². The topological polar surface area (TPSA) is 21.3 Å². The summed E-state index contributed by atoms with van der Waals surface area (Å²) < 4.78 is 5.79. The Kier molecular flexibility index (Phi) is 6.06. The van der Waals surface area contributed by atoms with Gasteiger partial charge >= 0.3 is 0 Å². The molecule has 0 saturated carbocycles. The molecule has 0 spiro atoms. The monoisotopic (exact) mass is 235 g/mol. The zero-order chi connectivity index (χ0) is 12.7. The number of rotatable bonds is 7. The molecule has 1 atom stereocenters. The van der Waals surface area contributed by atoms with Gasteiger partial charge in [-0.1, -0.05) is 38.5 Å². The molecule has 0 bridgehead atoms. The Morgan fingerprint density at radius 1 is 1.18 bits per heavy atom. The largest absolute Gasteiger partial charge is 0.491 e. The lowest BCUT2D eigenvalue weighted by Gasteiger charge is -2.15. The Bertz CT molecular complexity index is 322. The molecule has 2 heteroatoms. The van der Waals surface area contributed by atoms with Gasteiger partial charge in [0.05, 0.1) is 6.10 Å². The van der Waals surface area contributed by atoms with Crippen LogP contribution in [-0.2, 0) is 6.54 Å². The first kappa shape index (κ1) is 14.0. The molecule has 0 aliphatic rings. The lowest BCUT2D eigenvalue weighted by molar-refractivity contribution is 0.239. The lowest BCUT2D eigenvalue weighted by Crippen LogP contribution is -2.21. The predicted octanol–water partition coefficient (Wildman–Crippen LogP) is 3.61. The summed E-state index contributed by atoms with van der Waals surface area (Å²) in [6.45, 7) is 10.6. The number of benzene rings is 1. The van der Waals surface area contributed by atoms with Crippen LogP contribution >= 0.6 is 0 Å². The van der Waals surface area contributed by atoms with Crippen molar-refractivity contribution < 1.29 is 4.74 Å². The highest BCUT2D eigenvalue weighted by molar-refractivity contribution is 5.33. The van der Waals surface area contributed by atoms with Gasteiger partial charge < -0.3 is 10.1 Å². The van der Waals surface area contributed by atoms with E-state index in [-0.39, 0.29) is 6.10 Å². The van der Waals surface area contributed by atoms with Crippen LogP contribution in [0.4, 0.5) is 0 Å². The second-order valence-corrected chi connectivity index (χ2v) is 4.92. The van der Waals surface area contributed by atoms with Crippen LogP contribution in [0.25, 0.3) is 0 Å². The van der Waals surface area contributed by atoms with Gasteiger partial charge in [0.15, 0.2) is 0 Å². The SMILES string of the molecule is CCC(C)CNCc1ccccc1OC(C)C. The van der Waals surface area contributed by atoms with E-state index in [1.165, 1.54) is 12.0 Å². The highest BCUT2D eigenvalue weighted by atomic mass is 16.5. The van der Waals surface area contributed by atoms with Crippen molar-refractivity contribution in [1.82, 2.24) is 5.32 Å². The second-order valence-electron chi connectivity index (χ2n) is 4.92. The summed E-state index contributed by atoms with van der Waals surface area (Å²) in [5.41, 5.74) is 1.24. The number of nitrogens with one attached hydrogen (secondary N) is 1. The molecule has 0 aliphatic heterocycles. The molecule has 0 aromatic heterocycles. The zero-order valence-corrected chi connectivity index (χ0v) is 11.5. The van der Waals surface area contributed by atoms with Crippen molar-refractivity contribution in [2.75, 3.05) is 6.54 Å². The van der Waals surface area contributed by atoms with Crippen LogP contribution in [0, 0.1) is 5.92 Å². The zero-order valence-electron chi connectivity index (χ0n) is 11.5. The predicted molar refractivity (Wildman–Crippen MR) is 73.4 cm³/mol. The molecule has 0 heterocycles. The van der Waals surface area contributed by atoms with Gasteiger partial charge in [-0.2, -0.15) is 0 Å². The van der Waals surface area contributed by atoms with Crippen LogP contribution < -0.4 is 10.1 Å². The van der Waals surface area contributed by atoms with Gasteiger partial charge in [-0.15, -0.1) is 0 Å². The summed E-state index contributed by atoms with van der Waals surface area (Å²) >= 11 is 0. The Morgan fingerprint density at radius 2 is 1.88 bits per heavy atom. The molecule has 0 amide bonds. The Hall–Kier alpha value is -1.02. The van der Waals surface area contributed by atoms with Crippen LogP contribution in [0.1, 0.15) is 39.7 Å². The molecule has 1 aromatic carbocycles. The second kappa shape index (κ2) is 7.33. The third-order valence-corrected chi connectivity index (χ3v) is 2.84. The maximum Gasteiger partial charge on any atom is 0.124 e. The van der Waals surface area contributed by atoms with E-state index in [0.717, 1.165) is 24.8 Å². The highest BCUT2D eigenvalue weighted by Crippen LogP contribution is 2.19. The average molecular weight is 235 g/mol. The van der Waals surface area contributed by atoms with E-state index in [2.05, 4.69) is 45.1 Å². The molecule has 1 aromatic rings. The molecule has 0 aliphatic carbocycles. The first-order valence-corrected chi connectivity index (χ1v) is 6.58. The molecule has 0 fully saturated rings. The standard InChI is InChI=1S/C15H25NO/c1-5-13(4)10-16-11-14-8-6-7-9-15(14)17-12(2)3/h6-9,12-13,16H,5,10-11H2,1-4H3. The molecule has 1 rings (SSSR count). The Labute approximate surface area is 105 Å². The van der Waals surface area contributed by atoms with Crippen LogP contribution in [0.15, 0.2) is 24.3 Å². The van der Waals surface area contributed by atoms with Crippen molar-refractivity contribution in [3.8, 4) is 5.75 Å². The minimum atomic E-state index is 0.228. The van der Waals surface area contributed by atoms with E-state index < -0.39 is 0 Å². The number of hydrogen-bond acceptors (Lipinski definition) is 2. The summed E-state index contributed by atoms with van der Waals surface area (Å²) in [6, 6.07) is 8.25. The maximum absolute atomic E-state index is 5.79. The van der Waals surface area contributed by atoms with E-state index in [1.807, 2.05) is 12.1 Å². The van der Waals surface area contributed by atoms with E-state index in [1.54, 1.807) is 0 Å². The molecule has 17 heavy (non-hydrogen) atoms. The number of ether oxygens (including phenoxy) is 1. The fraction of sp³-hybridized carbons (Fsp3) is 0.600. The Balaban J connectivity index is 2.51. The molecule has 1 unspecified atom stereocenters. The van der Waals surface area contributed by atoms with Crippen molar-refractivity contribution in [3.63, 3.8) is 0 Å². The normalized spacial score (nSPS) is 12.8. The summed E-state index contributed by atoms with van der Waals surface area (Å²) in [7, 11) is 0. The van der Waals surface area contributed by atoms with Crippen molar-refractivity contribution in [1.29, 1.82) is 0 Å². The molecular formula is C15H25NO. The number of para-hydroxylation sites is 1. The van der Waals surface area contributed by atoms with Crippen molar-refractivity contribution in [2.24, 2.45) is 5.92 Å². The first-order valence-electron chi connectivity index (χ1n) is 6.58. The van der Waals surface area contributed by atoms with E-state index in [0.29, 0.717) is 0 Å². The first-order chi connectivity index (χ1) is 8.13. The van der Waals surface area contributed by atoms with E-state index >= 15 is 0 Å². The van der Waals surface area contributed by atoms with Crippen LogP contribution in [0.2, 0.25) is 0 Å². The molecule has 0 saturated heterocycles. The van der Waals surface area contributed by atoms with Crippen LogP contribution in [0.5, 0.6) is 5.75 Å². The van der Waals surface area contributed by atoms with Gasteiger partial charge in [0, 0.05) is 12.1 Å². The summed E-state index contributed by atoms with van der Waals surface area (Å²) in [6.07, 6.45) is 1.45. The van der Waals surface area contributed by atoms with Crippen LogP contribution in [0.3, 0.4) is 0 Å². The van der Waals surface area contributed by atoms with E-state index in [9.17, 15) is 0 Å². The molecule has 0 radical (unpaired) electrons.